The predicted octanol–water partition coefficient (Wildman–Crippen LogP) is 3.84. The minimum absolute atomic E-state index is 0.0970. The minimum atomic E-state index is -1.02. The van der Waals surface area contributed by atoms with Crippen LogP contribution in [0, 0.1) is 0 Å². The SMILES string of the molecule is COc1ncc(-c2ccc(N(C(=O)NCc3ccccc3)[C@H]3CC[C@H](NC(=O)O)CC3)nc2)cn1. The molecule has 2 aromatic heterocycles. The Morgan fingerprint density at radius 1 is 0.971 bits per heavy atom. The van der Waals surface area contributed by atoms with Crippen molar-refractivity contribution < 1.29 is 19.4 Å². The number of rotatable bonds is 7. The van der Waals surface area contributed by atoms with Crippen molar-refractivity contribution in [2.24, 2.45) is 0 Å². The molecule has 10 heteroatoms. The molecular weight excluding hydrogens is 448 g/mol. The second-order valence-electron chi connectivity index (χ2n) is 8.33. The van der Waals surface area contributed by atoms with Crippen LogP contribution in [0.5, 0.6) is 6.01 Å². The Bertz CT molecular complexity index is 1120. The van der Waals surface area contributed by atoms with Crippen LogP contribution in [0.15, 0.2) is 61.1 Å². The fourth-order valence-electron chi connectivity index (χ4n) is 4.24. The molecule has 0 unspecified atom stereocenters. The quantitative estimate of drug-likeness (QED) is 0.472. The lowest BCUT2D eigenvalue weighted by Crippen LogP contribution is -2.50. The monoisotopic (exact) mass is 476 g/mol. The van der Waals surface area contributed by atoms with Crippen LogP contribution in [0.1, 0.15) is 31.2 Å². The Hall–Kier alpha value is -4.21. The molecule has 4 rings (SSSR count). The van der Waals surface area contributed by atoms with E-state index in [0.717, 1.165) is 16.7 Å². The van der Waals surface area contributed by atoms with E-state index in [2.05, 4.69) is 25.6 Å². The standard InChI is InChI=1S/C25H28N6O4/c1-35-23-27-15-19(16-28-23)18-7-12-22(26-14-18)31(21-10-8-20(9-11-21)30-25(33)34)24(32)29-13-17-5-3-2-4-6-17/h2-7,12,14-16,20-21,30H,8-11,13H2,1H3,(H,29,32)(H,33,34)/t20-,21-. The van der Waals surface area contributed by atoms with Gasteiger partial charge >= 0.3 is 18.1 Å². The molecule has 0 aliphatic heterocycles. The maximum absolute atomic E-state index is 13.3. The number of hydrogen-bond donors (Lipinski definition) is 3. The number of hydrogen-bond acceptors (Lipinski definition) is 6. The summed E-state index contributed by atoms with van der Waals surface area (Å²) in [5, 5.41) is 14.6. The zero-order valence-corrected chi connectivity index (χ0v) is 19.4. The molecule has 3 aromatic rings. The first kappa shape index (κ1) is 23.9. The molecular formula is C25H28N6O4. The molecule has 1 aliphatic rings. The van der Waals surface area contributed by atoms with Crippen LogP contribution >= 0.6 is 0 Å². The van der Waals surface area contributed by atoms with E-state index in [-0.39, 0.29) is 24.1 Å². The fraction of sp³-hybridized carbons (Fsp3) is 0.320. The van der Waals surface area contributed by atoms with Crippen molar-refractivity contribution in [3.05, 3.63) is 66.6 Å². The number of nitrogens with one attached hydrogen (secondary N) is 2. The molecule has 1 saturated carbocycles. The maximum Gasteiger partial charge on any atom is 0.404 e. The van der Waals surface area contributed by atoms with Gasteiger partial charge in [-0.25, -0.2) is 24.5 Å². The van der Waals surface area contributed by atoms with Crippen LogP contribution in [0.25, 0.3) is 11.1 Å². The van der Waals surface area contributed by atoms with E-state index in [1.54, 1.807) is 23.5 Å². The Kier molecular flexibility index (Phi) is 7.71. The van der Waals surface area contributed by atoms with Crippen molar-refractivity contribution in [2.45, 2.75) is 44.3 Å². The van der Waals surface area contributed by atoms with E-state index in [4.69, 9.17) is 9.84 Å². The number of carbonyl (C=O) groups excluding carboxylic acids is 1. The molecule has 35 heavy (non-hydrogen) atoms. The van der Waals surface area contributed by atoms with E-state index in [9.17, 15) is 9.59 Å². The third kappa shape index (κ3) is 6.23. The average molecular weight is 477 g/mol. The molecule has 1 fully saturated rings. The van der Waals surface area contributed by atoms with Crippen molar-refractivity contribution >= 4 is 17.9 Å². The molecule has 1 aromatic carbocycles. The van der Waals surface area contributed by atoms with Crippen LogP contribution in [0.3, 0.4) is 0 Å². The highest BCUT2D eigenvalue weighted by Crippen LogP contribution is 2.28. The van der Waals surface area contributed by atoms with E-state index in [0.29, 0.717) is 38.0 Å². The van der Waals surface area contributed by atoms with Gasteiger partial charge in [-0.05, 0) is 43.4 Å². The lowest BCUT2D eigenvalue weighted by atomic mass is 9.90. The molecule has 0 atom stereocenters. The maximum atomic E-state index is 13.3. The summed E-state index contributed by atoms with van der Waals surface area (Å²) in [4.78, 5) is 38.9. The van der Waals surface area contributed by atoms with E-state index >= 15 is 0 Å². The second kappa shape index (κ2) is 11.3. The molecule has 0 radical (unpaired) electrons. The van der Waals surface area contributed by atoms with Crippen LogP contribution < -0.4 is 20.3 Å². The first-order valence-electron chi connectivity index (χ1n) is 11.5. The number of benzene rings is 1. The molecule has 0 saturated heterocycles. The number of pyridine rings is 1. The van der Waals surface area contributed by atoms with Gasteiger partial charge < -0.3 is 20.5 Å². The van der Waals surface area contributed by atoms with Gasteiger partial charge in [0.25, 0.3) is 0 Å². The number of aromatic nitrogens is 3. The normalized spacial score (nSPS) is 17.3. The number of methoxy groups -OCH3 is 1. The number of urea groups is 1. The van der Waals surface area contributed by atoms with Crippen LogP contribution in [0.4, 0.5) is 15.4 Å². The van der Waals surface area contributed by atoms with E-state index in [1.807, 2.05) is 42.5 Å². The molecule has 1 aliphatic carbocycles. The first-order valence-corrected chi connectivity index (χ1v) is 11.5. The van der Waals surface area contributed by atoms with Gasteiger partial charge in [0.2, 0.25) is 0 Å². The van der Waals surface area contributed by atoms with Gasteiger partial charge in [-0.15, -0.1) is 0 Å². The van der Waals surface area contributed by atoms with Gasteiger partial charge in [0, 0.05) is 48.3 Å². The summed E-state index contributed by atoms with van der Waals surface area (Å²) >= 11 is 0. The lowest BCUT2D eigenvalue weighted by Gasteiger charge is -2.36. The number of nitrogens with zero attached hydrogens (tertiary/aromatic N) is 4. The van der Waals surface area contributed by atoms with Gasteiger partial charge in [-0.3, -0.25) is 4.90 Å². The summed E-state index contributed by atoms with van der Waals surface area (Å²) in [7, 11) is 1.51. The largest absolute Gasteiger partial charge is 0.467 e. The third-order valence-corrected chi connectivity index (χ3v) is 6.03. The van der Waals surface area contributed by atoms with E-state index < -0.39 is 6.09 Å². The van der Waals surface area contributed by atoms with Crippen molar-refractivity contribution in [1.82, 2.24) is 25.6 Å². The van der Waals surface area contributed by atoms with Crippen LogP contribution in [-0.2, 0) is 6.54 Å². The van der Waals surface area contributed by atoms with Crippen LogP contribution in [0.2, 0.25) is 0 Å². The summed E-state index contributed by atoms with van der Waals surface area (Å²) in [5.41, 5.74) is 2.60. The van der Waals surface area contributed by atoms with Crippen molar-refractivity contribution in [2.75, 3.05) is 12.0 Å². The van der Waals surface area contributed by atoms with Gasteiger partial charge in [0.05, 0.1) is 7.11 Å². The molecule has 3 amide bonds. The Morgan fingerprint density at radius 3 is 2.26 bits per heavy atom. The average Bonchev–Trinajstić information content (AvgIpc) is 2.89. The zero-order valence-electron chi connectivity index (χ0n) is 19.4. The van der Waals surface area contributed by atoms with Gasteiger partial charge in [-0.1, -0.05) is 30.3 Å². The summed E-state index contributed by atoms with van der Waals surface area (Å²) in [6.45, 7) is 0.396. The summed E-state index contributed by atoms with van der Waals surface area (Å²) in [6, 6.07) is 13.2. The third-order valence-electron chi connectivity index (χ3n) is 6.03. The molecule has 0 bridgehead atoms. The predicted molar refractivity (Wildman–Crippen MR) is 130 cm³/mol. The van der Waals surface area contributed by atoms with Crippen molar-refractivity contribution in [3.63, 3.8) is 0 Å². The first-order chi connectivity index (χ1) is 17.0. The number of anilines is 1. The number of amides is 3. The van der Waals surface area contributed by atoms with E-state index in [1.165, 1.54) is 7.11 Å². The molecule has 3 N–H and O–H groups in total. The zero-order chi connectivity index (χ0) is 24.6. The molecule has 2 heterocycles. The number of ether oxygens (including phenoxy) is 1. The highest BCUT2D eigenvalue weighted by molar-refractivity contribution is 5.91. The molecule has 182 valence electrons. The number of carboxylic acid groups (broad SMARTS) is 1. The Morgan fingerprint density at radius 2 is 1.66 bits per heavy atom. The Balaban J connectivity index is 1.52. The second-order valence-corrected chi connectivity index (χ2v) is 8.33. The Labute approximate surface area is 203 Å². The lowest BCUT2D eigenvalue weighted by molar-refractivity contribution is 0.184. The molecule has 10 nitrogen and oxygen atoms in total. The van der Waals surface area contributed by atoms with Gasteiger partial charge in [0.15, 0.2) is 0 Å². The number of carbonyl (C=O) groups is 2. The van der Waals surface area contributed by atoms with Gasteiger partial charge in [0.1, 0.15) is 5.82 Å². The summed E-state index contributed by atoms with van der Waals surface area (Å²) in [6.07, 6.45) is 6.62. The van der Waals surface area contributed by atoms with Crippen LogP contribution in [-0.4, -0.2) is 51.4 Å². The molecule has 0 spiro atoms. The highest BCUT2D eigenvalue weighted by Gasteiger charge is 2.31. The minimum Gasteiger partial charge on any atom is -0.467 e. The van der Waals surface area contributed by atoms with Crippen molar-refractivity contribution in [3.8, 4) is 17.1 Å². The highest BCUT2D eigenvalue weighted by atomic mass is 16.5. The van der Waals surface area contributed by atoms with Crippen molar-refractivity contribution in [1.29, 1.82) is 0 Å². The summed E-state index contributed by atoms with van der Waals surface area (Å²) in [5.74, 6) is 0.531. The smallest absolute Gasteiger partial charge is 0.404 e. The fourth-order valence-corrected chi connectivity index (χ4v) is 4.24. The topological polar surface area (TPSA) is 130 Å². The van der Waals surface area contributed by atoms with Gasteiger partial charge in [-0.2, -0.15) is 0 Å². The summed E-state index contributed by atoms with van der Waals surface area (Å²) < 4.78 is 5.01.